The van der Waals surface area contributed by atoms with Crippen LogP contribution in [-0.4, -0.2) is 6.73 Å². The van der Waals surface area contributed by atoms with Gasteiger partial charge in [0.25, 0.3) is 0 Å². The second-order valence-electron chi connectivity index (χ2n) is 5.94. The molecule has 0 unspecified atom stereocenters. The molecule has 0 fully saturated rings. The Morgan fingerprint density at radius 3 is 2.88 bits per heavy atom. The van der Waals surface area contributed by atoms with Crippen LogP contribution < -0.4 is 15.3 Å². The Labute approximate surface area is 158 Å². The minimum atomic E-state index is -0.353. The van der Waals surface area contributed by atoms with E-state index in [0.29, 0.717) is 29.6 Å². The van der Waals surface area contributed by atoms with Crippen molar-refractivity contribution in [3.8, 4) is 5.75 Å². The number of fused-ring (bicyclic) bond motifs is 3. The molecule has 1 aliphatic rings. The number of hydrogen-bond donors (Lipinski definition) is 0. The molecule has 2 aromatic carbocycles. The van der Waals surface area contributed by atoms with Crippen LogP contribution in [0.3, 0.4) is 0 Å². The van der Waals surface area contributed by atoms with E-state index >= 15 is 0 Å². The van der Waals surface area contributed by atoms with Crippen LogP contribution in [0.2, 0.25) is 5.02 Å². The van der Waals surface area contributed by atoms with Gasteiger partial charge in [0.2, 0.25) is 0 Å². The number of aryl methyl sites for hydroxylation is 1. The summed E-state index contributed by atoms with van der Waals surface area (Å²) in [4.78, 5) is 14.0. The molecule has 0 saturated carbocycles. The first-order chi connectivity index (χ1) is 12.1. The lowest BCUT2D eigenvalue weighted by Gasteiger charge is -2.31. The molecule has 0 spiro atoms. The summed E-state index contributed by atoms with van der Waals surface area (Å²) >= 11 is 9.93. The number of halogens is 2. The van der Waals surface area contributed by atoms with Gasteiger partial charge in [-0.1, -0.05) is 40.5 Å². The third-order valence-corrected chi connectivity index (χ3v) is 5.16. The van der Waals surface area contributed by atoms with Gasteiger partial charge in [-0.2, -0.15) is 0 Å². The predicted molar refractivity (Wildman–Crippen MR) is 103 cm³/mol. The van der Waals surface area contributed by atoms with Crippen LogP contribution in [-0.2, 0) is 13.0 Å². The fourth-order valence-electron chi connectivity index (χ4n) is 3.18. The number of ether oxygens (including phenoxy) is 1. The van der Waals surface area contributed by atoms with Crippen LogP contribution >= 0.6 is 27.5 Å². The van der Waals surface area contributed by atoms with Gasteiger partial charge in [0.1, 0.15) is 11.3 Å². The highest BCUT2D eigenvalue weighted by Gasteiger charge is 2.25. The molecule has 0 atom stereocenters. The zero-order valence-corrected chi connectivity index (χ0v) is 15.9. The number of nitrogens with zero attached hydrogens (tertiary/aromatic N) is 1. The first kappa shape index (κ1) is 16.5. The summed E-state index contributed by atoms with van der Waals surface area (Å²) < 4.78 is 12.4. The van der Waals surface area contributed by atoms with Crippen molar-refractivity contribution in [2.45, 2.75) is 19.9 Å². The van der Waals surface area contributed by atoms with Crippen molar-refractivity contribution in [1.29, 1.82) is 0 Å². The molecule has 25 heavy (non-hydrogen) atoms. The first-order valence-corrected chi connectivity index (χ1v) is 9.15. The van der Waals surface area contributed by atoms with Crippen LogP contribution in [0.1, 0.15) is 18.1 Å². The van der Waals surface area contributed by atoms with E-state index in [1.165, 1.54) is 6.07 Å². The van der Waals surface area contributed by atoms with Gasteiger partial charge in [-0.3, -0.25) is 0 Å². The summed E-state index contributed by atoms with van der Waals surface area (Å²) in [5, 5.41) is 1.41. The van der Waals surface area contributed by atoms with E-state index in [1.54, 1.807) is 0 Å². The van der Waals surface area contributed by atoms with Crippen molar-refractivity contribution >= 4 is 44.2 Å². The van der Waals surface area contributed by atoms with Gasteiger partial charge in [-0.25, -0.2) is 4.79 Å². The standard InChI is InChI=1S/C19H15BrClNO3/c1-2-11-6-17(23)25-18-14(11)8-16(21)19-15(18)9-22(10-24-19)13-5-3-4-12(20)7-13/h3-8H,2,9-10H2,1H3. The average Bonchev–Trinajstić information content (AvgIpc) is 2.61. The van der Waals surface area contributed by atoms with E-state index < -0.39 is 0 Å². The highest BCUT2D eigenvalue weighted by Crippen LogP contribution is 2.40. The van der Waals surface area contributed by atoms with Gasteiger partial charge >= 0.3 is 5.63 Å². The van der Waals surface area contributed by atoms with E-state index in [2.05, 4.69) is 20.8 Å². The molecule has 1 aromatic heterocycles. The third-order valence-electron chi connectivity index (χ3n) is 4.39. The molecular weight excluding hydrogens is 406 g/mol. The van der Waals surface area contributed by atoms with Crippen molar-refractivity contribution in [3.05, 3.63) is 67.4 Å². The molecule has 0 aliphatic carbocycles. The minimum absolute atomic E-state index is 0.353. The van der Waals surface area contributed by atoms with E-state index in [1.807, 2.05) is 37.3 Å². The maximum atomic E-state index is 12.0. The minimum Gasteiger partial charge on any atom is -0.471 e. The van der Waals surface area contributed by atoms with Crippen molar-refractivity contribution in [3.63, 3.8) is 0 Å². The molecular formula is C19H15BrClNO3. The van der Waals surface area contributed by atoms with Crippen molar-refractivity contribution < 1.29 is 9.15 Å². The molecule has 3 aromatic rings. The quantitative estimate of drug-likeness (QED) is 0.539. The molecule has 4 rings (SSSR count). The van der Waals surface area contributed by atoms with Crippen LogP contribution in [0.4, 0.5) is 5.69 Å². The van der Waals surface area contributed by atoms with Crippen molar-refractivity contribution in [2.24, 2.45) is 0 Å². The monoisotopic (exact) mass is 419 g/mol. The Kier molecular flexibility index (Phi) is 4.21. The third kappa shape index (κ3) is 2.92. The molecule has 0 radical (unpaired) electrons. The molecule has 128 valence electrons. The van der Waals surface area contributed by atoms with Crippen LogP contribution in [0, 0.1) is 0 Å². The largest absolute Gasteiger partial charge is 0.471 e. The lowest BCUT2D eigenvalue weighted by molar-refractivity contribution is 0.289. The van der Waals surface area contributed by atoms with Gasteiger partial charge in [-0.05, 0) is 36.2 Å². The van der Waals surface area contributed by atoms with Crippen LogP contribution in [0.25, 0.3) is 11.0 Å². The summed E-state index contributed by atoms with van der Waals surface area (Å²) in [5.74, 6) is 0.594. The highest BCUT2D eigenvalue weighted by molar-refractivity contribution is 9.10. The van der Waals surface area contributed by atoms with Gasteiger partial charge in [0.05, 0.1) is 17.1 Å². The fraction of sp³-hybridized carbons (Fsp3) is 0.211. The lowest BCUT2D eigenvalue weighted by Crippen LogP contribution is -2.32. The lowest BCUT2D eigenvalue weighted by atomic mass is 10.0. The topological polar surface area (TPSA) is 42.7 Å². The van der Waals surface area contributed by atoms with Crippen molar-refractivity contribution in [1.82, 2.24) is 0 Å². The van der Waals surface area contributed by atoms with E-state index in [-0.39, 0.29) is 5.63 Å². The Morgan fingerprint density at radius 1 is 1.28 bits per heavy atom. The number of hydrogen-bond acceptors (Lipinski definition) is 4. The van der Waals surface area contributed by atoms with Gasteiger partial charge in [-0.15, -0.1) is 0 Å². The summed E-state index contributed by atoms with van der Waals surface area (Å²) in [6.45, 7) is 2.94. The molecule has 2 heterocycles. The molecule has 0 N–H and O–H groups in total. The number of anilines is 1. The zero-order chi connectivity index (χ0) is 17.6. The SMILES string of the molecule is CCc1cc(=O)oc2c3c(c(Cl)cc12)OCN(c1cccc(Br)c1)C3. The number of benzene rings is 2. The highest BCUT2D eigenvalue weighted by atomic mass is 79.9. The summed E-state index contributed by atoms with van der Waals surface area (Å²) in [6.07, 6.45) is 0.730. The van der Waals surface area contributed by atoms with Crippen LogP contribution in [0.5, 0.6) is 5.75 Å². The van der Waals surface area contributed by atoms with E-state index in [0.717, 1.165) is 33.1 Å². The maximum Gasteiger partial charge on any atom is 0.336 e. The molecule has 4 nitrogen and oxygen atoms in total. The molecule has 0 amide bonds. The molecule has 0 saturated heterocycles. The van der Waals surface area contributed by atoms with Crippen molar-refractivity contribution in [2.75, 3.05) is 11.6 Å². The summed E-state index contributed by atoms with van der Waals surface area (Å²) in [6, 6.07) is 11.3. The first-order valence-electron chi connectivity index (χ1n) is 7.98. The van der Waals surface area contributed by atoms with E-state index in [9.17, 15) is 4.79 Å². The Hall–Kier alpha value is -1.98. The average molecular weight is 421 g/mol. The van der Waals surface area contributed by atoms with Gasteiger partial charge < -0.3 is 14.1 Å². The molecule has 1 aliphatic heterocycles. The Bertz CT molecular complexity index is 1030. The molecule has 6 heteroatoms. The predicted octanol–water partition coefficient (Wildman–Crippen LogP) is 5.13. The van der Waals surface area contributed by atoms with E-state index in [4.69, 9.17) is 20.8 Å². The normalized spacial score (nSPS) is 13.6. The summed E-state index contributed by atoms with van der Waals surface area (Å²) in [7, 11) is 0. The molecule has 0 bridgehead atoms. The Morgan fingerprint density at radius 2 is 2.12 bits per heavy atom. The zero-order valence-electron chi connectivity index (χ0n) is 13.5. The Balaban J connectivity index is 1.89. The number of rotatable bonds is 2. The maximum absolute atomic E-state index is 12.0. The smallest absolute Gasteiger partial charge is 0.336 e. The second kappa shape index (κ2) is 6.39. The second-order valence-corrected chi connectivity index (χ2v) is 7.26. The van der Waals surface area contributed by atoms with Crippen LogP contribution in [0.15, 0.2) is 50.1 Å². The summed E-state index contributed by atoms with van der Waals surface area (Å²) in [5.41, 5.74) is 2.95. The van der Waals surface area contributed by atoms with Gasteiger partial charge in [0.15, 0.2) is 6.73 Å². The fourth-order valence-corrected chi connectivity index (χ4v) is 3.85. The van der Waals surface area contributed by atoms with Gasteiger partial charge in [0, 0.05) is 21.6 Å².